The van der Waals surface area contributed by atoms with Gasteiger partial charge in [-0.2, -0.15) is 0 Å². The standard InChI is InChI=1S/C19H20ClN3O2S/c1-12-3-4-13(2)16(11-12)17(24)9-10-18(25)22-23-19(26)21-15-7-5-14(20)6-8-15/h3-8,11H,9-10H2,1-2H3,(H,22,25)(H2,21,23,26). The number of benzene rings is 2. The van der Waals surface area contributed by atoms with Crippen LogP contribution in [0.5, 0.6) is 0 Å². The number of nitrogens with one attached hydrogen (secondary N) is 3. The van der Waals surface area contributed by atoms with Crippen LogP contribution in [-0.4, -0.2) is 16.8 Å². The lowest BCUT2D eigenvalue weighted by atomic mass is 9.99. The molecule has 2 aromatic rings. The number of carbonyl (C=O) groups is 2. The van der Waals surface area contributed by atoms with Crippen molar-refractivity contribution in [3.8, 4) is 0 Å². The molecule has 0 heterocycles. The van der Waals surface area contributed by atoms with Crippen LogP contribution in [-0.2, 0) is 4.79 Å². The SMILES string of the molecule is Cc1ccc(C)c(C(=O)CCC(=O)NNC(=S)Nc2ccc(Cl)cc2)c1. The number of anilines is 1. The summed E-state index contributed by atoms with van der Waals surface area (Å²) in [6.07, 6.45) is 0.206. The Kier molecular flexibility index (Phi) is 7.12. The minimum Gasteiger partial charge on any atom is -0.331 e. The van der Waals surface area contributed by atoms with Crippen molar-refractivity contribution >= 4 is 46.3 Å². The number of hydrogen-bond acceptors (Lipinski definition) is 3. The van der Waals surface area contributed by atoms with Gasteiger partial charge in [-0.1, -0.05) is 29.3 Å². The Morgan fingerprint density at radius 1 is 1.00 bits per heavy atom. The number of Topliss-reactive ketones (excluding diaryl/α,β-unsaturated/α-hetero) is 1. The van der Waals surface area contributed by atoms with E-state index in [1.165, 1.54) is 0 Å². The molecule has 0 aliphatic heterocycles. The molecule has 5 nitrogen and oxygen atoms in total. The van der Waals surface area contributed by atoms with Gasteiger partial charge in [0, 0.05) is 29.1 Å². The lowest BCUT2D eigenvalue weighted by molar-refractivity contribution is -0.121. The first-order chi connectivity index (χ1) is 12.3. The van der Waals surface area contributed by atoms with Crippen LogP contribution >= 0.6 is 23.8 Å². The molecule has 0 saturated heterocycles. The van der Waals surface area contributed by atoms with Crippen molar-refractivity contribution in [1.29, 1.82) is 0 Å². The van der Waals surface area contributed by atoms with Gasteiger partial charge in [0.1, 0.15) is 0 Å². The number of aryl methyl sites for hydroxylation is 2. The molecule has 2 aromatic carbocycles. The van der Waals surface area contributed by atoms with Gasteiger partial charge in [0.25, 0.3) is 0 Å². The highest BCUT2D eigenvalue weighted by Gasteiger charge is 2.12. The van der Waals surface area contributed by atoms with Gasteiger partial charge in [-0.05, 0) is 62.0 Å². The first kappa shape index (κ1) is 19.9. The topological polar surface area (TPSA) is 70.2 Å². The molecule has 0 aromatic heterocycles. The van der Waals surface area contributed by atoms with E-state index in [1.807, 2.05) is 32.0 Å². The van der Waals surface area contributed by atoms with E-state index in [4.69, 9.17) is 23.8 Å². The van der Waals surface area contributed by atoms with E-state index in [1.54, 1.807) is 24.3 Å². The number of hydrazine groups is 1. The van der Waals surface area contributed by atoms with E-state index in [2.05, 4.69) is 16.2 Å². The van der Waals surface area contributed by atoms with Crippen LogP contribution < -0.4 is 16.2 Å². The summed E-state index contributed by atoms with van der Waals surface area (Å²) in [7, 11) is 0. The van der Waals surface area contributed by atoms with Gasteiger partial charge in [0.15, 0.2) is 10.9 Å². The van der Waals surface area contributed by atoms with Crippen molar-refractivity contribution in [1.82, 2.24) is 10.9 Å². The molecule has 0 bridgehead atoms. The lowest BCUT2D eigenvalue weighted by Crippen LogP contribution is -2.43. The molecule has 0 fully saturated rings. The third-order valence-electron chi connectivity index (χ3n) is 3.69. The monoisotopic (exact) mass is 389 g/mol. The van der Waals surface area contributed by atoms with Crippen molar-refractivity contribution in [2.45, 2.75) is 26.7 Å². The Morgan fingerprint density at radius 3 is 2.38 bits per heavy atom. The van der Waals surface area contributed by atoms with E-state index in [9.17, 15) is 9.59 Å². The van der Waals surface area contributed by atoms with Crippen molar-refractivity contribution < 1.29 is 9.59 Å². The number of carbonyl (C=O) groups excluding carboxylic acids is 2. The van der Waals surface area contributed by atoms with Gasteiger partial charge in [0.2, 0.25) is 5.91 Å². The summed E-state index contributed by atoms with van der Waals surface area (Å²) in [4.78, 5) is 24.2. The Morgan fingerprint density at radius 2 is 1.69 bits per heavy atom. The highest BCUT2D eigenvalue weighted by Crippen LogP contribution is 2.14. The molecule has 26 heavy (non-hydrogen) atoms. The fourth-order valence-electron chi connectivity index (χ4n) is 2.28. The molecule has 0 aliphatic carbocycles. The van der Waals surface area contributed by atoms with Crippen molar-refractivity contribution in [3.63, 3.8) is 0 Å². The number of halogens is 1. The summed E-state index contributed by atoms with van der Waals surface area (Å²) in [5, 5.41) is 3.77. The predicted octanol–water partition coefficient (Wildman–Crippen LogP) is 3.94. The minimum atomic E-state index is -0.316. The number of hydrogen-bond donors (Lipinski definition) is 3. The summed E-state index contributed by atoms with van der Waals surface area (Å²) < 4.78 is 0. The van der Waals surface area contributed by atoms with Gasteiger partial charge in [-0.25, -0.2) is 0 Å². The van der Waals surface area contributed by atoms with Crippen molar-refractivity contribution in [2.75, 3.05) is 5.32 Å². The first-order valence-corrected chi connectivity index (χ1v) is 8.85. The van der Waals surface area contributed by atoms with Crippen LogP contribution in [0.25, 0.3) is 0 Å². The van der Waals surface area contributed by atoms with Crippen LogP contribution in [0.3, 0.4) is 0 Å². The summed E-state index contributed by atoms with van der Waals surface area (Å²) in [6, 6.07) is 12.7. The fourth-order valence-corrected chi connectivity index (χ4v) is 2.58. The second kappa shape index (κ2) is 9.31. The Bertz CT molecular complexity index is 822. The van der Waals surface area contributed by atoms with Gasteiger partial charge in [-0.15, -0.1) is 0 Å². The van der Waals surface area contributed by atoms with Crippen LogP contribution in [0.2, 0.25) is 5.02 Å². The van der Waals surface area contributed by atoms with Crippen LogP contribution in [0, 0.1) is 13.8 Å². The zero-order valence-electron chi connectivity index (χ0n) is 14.6. The number of thiocarbonyl (C=S) groups is 1. The summed E-state index contributed by atoms with van der Waals surface area (Å²) in [5.74, 6) is -0.368. The van der Waals surface area contributed by atoms with E-state index in [0.717, 1.165) is 16.8 Å². The summed E-state index contributed by atoms with van der Waals surface area (Å²) >= 11 is 10.9. The van der Waals surface area contributed by atoms with Gasteiger partial charge in [-0.3, -0.25) is 20.4 Å². The second-order valence-corrected chi connectivity index (χ2v) is 6.72. The van der Waals surface area contributed by atoms with E-state index < -0.39 is 0 Å². The van der Waals surface area contributed by atoms with Gasteiger partial charge in [0.05, 0.1) is 0 Å². The maximum absolute atomic E-state index is 12.3. The maximum atomic E-state index is 12.3. The summed E-state index contributed by atoms with van der Waals surface area (Å²) in [6.45, 7) is 3.82. The van der Waals surface area contributed by atoms with E-state index in [-0.39, 0.29) is 29.6 Å². The zero-order valence-corrected chi connectivity index (χ0v) is 16.1. The van der Waals surface area contributed by atoms with Gasteiger partial charge >= 0.3 is 0 Å². The number of rotatable bonds is 5. The molecule has 136 valence electrons. The number of amides is 1. The molecule has 0 aliphatic rings. The lowest BCUT2D eigenvalue weighted by Gasteiger charge is -2.12. The molecule has 0 spiro atoms. The zero-order chi connectivity index (χ0) is 19.1. The maximum Gasteiger partial charge on any atom is 0.238 e. The average Bonchev–Trinajstić information content (AvgIpc) is 2.62. The van der Waals surface area contributed by atoms with Gasteiger partial charge < -0.3 is 5.32 Å². The molecule has 0 unspecified atom stereocenters. The van der Waals surface area contributed by atoms with Crippen LogP contribution in [0.1, 0.15) is 34.3 Å². The highest BCUT2D eigenvalue weighted by molar-refractivity contribution is 7.80. The fraction of sp³-hybridized carbons (Fsp3) is 0.211. The first-order valence-electron chi connectivity index (χ1n) is 8.07. The third kappa shape index (κ3) is 6.13. The largest absolute Gasteiger partial charge is 0.331 e. The van der Waals surface area contributed by atoms with Crippen molar-refractivity contribution in [2.24, 2.45) is 0 Å². The normalized spacial score (nSPS) is 10.1. The molecule has 2 rings (SSSR count). The van der Waals surface area contributed by atoms with Crippen molar-refractivity contribution in [3.05, 3.63) is 64.2 Å². The highest BCUT2D eigenvalue weighted by atomic mass is 35.5. The molecular formula is C19H20ClN3O2S. The minimum absolute atomic E-state index is 0.0526. The molecule has 7 heteroatoms. The molecule has 3 N–H and O–H groups in total. The molecule has 0 radical (unpaired) electrons. The predicted molar refractivity (Wildman–Crippen MR) is 108 cm³/mol. The Hall–Kier alpha value is -2.44. The third-order valence-corrected chi connectivity index (χ3v) is 4.15. The van der Waals surface area contributed by atoms with E-state index >= 15 is 0 Å². The summed E-state index contributed by atoms with van der Waals surface area (Å²) in [5.41, 5.74) is 8.41. The Labute approximate surface area is 163 Å². The average molecular weight is 390 g/mol. The second-order valence-electron chi connectivity index (χ2n) is 5.88. The Balaban J connectivity index is 1.76. The molecule has 1 amide bonds. The quantitative estimate of drug-likeness (QED) is 0.410. The number of ketones is 1. The molecule has 0 saturated carbocycles. The molecular weight excluding hydrogens is 370 g/mol. The molecule has 0 atom stereocenters. The van der Waals surface area contributed by atoms with Crippen LogP contribution in [0.15, 0.2) is 42.5 Å². The van der Waals surface area contributed by atoms with E-state index in [0.29, 0.717) is 10.6 Å². The smallest absolute Gasteiger partial charge is 0.238 e. The van der Waals surface area contributed by atoms with Crippen LogP contribution in [0.4, 0.5) is 5.69 Å².